The minimum atomic E-state index is -1.02. The molecule has 3 rings (SSSR count). The van der Waals surface area contributed by atoms with Gasteiger partial charge in [-0.25, -0.2) is 4.39 Å². The third-order valence-corrected chi connectivity index (χ3v) is 6.04. The number of rotatable bonds is 8. The van der Waals surface area contributed by atoms with Gasteiger partial charge in [0, 0.05) is 22.3 Å². The fourth-order valence-corrected chi connectivity index (χ4v) is 4.36. The molecule has 0 aliphatic carbocycles. The minimum absolute atomic E-state index is 0.0112. The lowest BCUT2D eigenvalue weighted by molar-refractivity contribution is -0.137. The smallest absolute Gasteiger partial charge is 0.305 e. The molecular formula is C21H16BrFN2O5S2. The van der Waals surface area contributed by atoms with E-state index >= 15 is 0 Å². The first kappa shape index (κ1) is 23.9. The Morgan fingerprint density at radius 2 is 1.97 bits per heavy atom. The molecule has 0 unspecified atom stereocenters. The Morgan fingerprint density at radius 1 is 1.25 bits per heavy atom. The summed E-state index contributed by atoms with van der Waals surface area (Å²) >= 11 is 9.63. The van der Waals surface area contributed by atoms with E-state index in [4.69, 9.17) is 22.1 Å². The van der Waals surface area contributed by atoms with Crippen LogP contribution in [0, 0.1) is 5.82 Å². The van der Waals surface area contributed by atoms with Crippen LogP contribution in [0.2, 0.25) is 0 Å². The Kier molecular flexibility index (Phi) is 7.99. The summed E-state index contributed by atoms with van der Waals surface area (Å²) in [5.74, 6) is -1.90. The van der Waals surface area contributed by atoms with Gasteiger partial charge in [0.2, 0.25) is 0 Å². The van der Waals surface area contributed by atoms with Gasteiger partial charge in [0.15, 0.2) is 6.61 Å². The number of nitrogens with zero attached hydrogens (tertiary/aromatic N) is 1. The van der Waals surface area contributed by atoms with Crippen molar-refractivity contribution in [2.45, 2.75) is 6.42 Å². The Morgan fingerprint density at radius 3 is 2.66 bits per heavy atom. The number of amides is 2. The zero-order valence-electron chi connectivity index (χ0n) is 16.3. The van der Waals surface area contributed by atoms with Gasteiger partial charge in [-0.2, -0.15) is 0 Å². The van der Waals surface area contributed by atoms with Gasteiger partial charge in [-0.15, -0.1) is 0 Å². The monoisotopic (exact) mass is 538 g/mol. The van der Waals surface area contributed by atoms with Crippen LogP contribution in [0.25, 0.3) is 6.08 Å². The average Bonchev–Trinajstić information content (AvgIpc) is 3.00. The highest BCUT2D eigenvalue weighted by Crippen LogP contribution is 2.35. The van der Waals surface area contributed by atoms with Gasteiger partial charge >= 0.3 is 5.97 Å². The molecule has 0 aromatic heterocycles. The molecule has 0 spiro atoms. The fourth-order valence-electron chi connectivity index (χ4n) is 2.68. The third kappa shape index (κ3) is 6.38. The second-order valence-corrected chi connectivity index (χ2v) is 9.09. The predicted octanol–water partition coefficient (Wildman–Crippen LogP) is 4.28. The number of carbonyl (C=O) groups excluding carboxylic acids is 2. The summed E-state index contributed by atoms with van der Waals surface area (Å²) in [6, 6.07) is 10.4. The van der Waals surface area contributed by atoms with Crippen LogP contribution in [0.5, 0.6) is 5.75 Å². The number of thiocarbonyl (C=S) groups is 1. The van der Waals surface area contributed by atoms with E-state index in [1.54, 1.807) is 24.3 Å². The molecule has 0 saturated carbocycles. The van der Waals surface area contributed by atoms with Crippen LogP contribution in [0.1, 0.15) is 12.0 Å². The maximum atomic E-state index is 13.0. The predicted molar refractivity (Wildman–Crippen MR) is 127 cm³/mol. The number of hydrogen-bond acceptors (Lipinski definition) is 6. The number of hydrogen-bond donors (Lipinski definition) is 2. The molecule has 7 nitrogen and oxygen atoms in total. The molecule has 0 radical (unpaired) electrons. The fraction of sp³-hybridized carbons (Fsp3) is 0.143. The van der Waals surface area contributed by atoms with E-state index in [9.17, 15) is 18.8 Å². The van der Waals surface area contributed by atoms with Gasteiger partial charge in [-0.05, 0) is 48.5 Å². The summed E-state index contributed by atoms with van der Waals surface area (Å²) in [6.45, 7) is -0.317. The van der Waals surface area contributed by atoms with E-state index in [1.165, 1.54) is 29.2 Å². The number of halogens is 2. The van der Waals surface area contributed by atoms with Crippen molar-refractivity contribution in [3.05, 3.63) is 63.2 Å². The lowest BCUT2D eigenvalue weighted by Crippen LogP contribution is -2.30. The van der Waals surface area contributed by atoms with Gasteiger partial charge in [0.05, 0.1) is 11.3 Å². The zero-order valence-corrected chi connectivity index (χ0v) is 19.6. The van der Waals surface area contributed by atoms with Gasteiger partial charge in [-0.3, -0.25) is 19.3 Å². The molecule has 1 heterocycles. The van der Waals surface area contributed by atoms with Crippen LogP contribution >= 0.6 is 39.9 Å². The van der Waals surface area contributed by atoms with Gasteiger partial charge in [-0.1, -0.05) is 39.9 Å². The topological polar surface area (TPSA) is 95.9 Å². The first-order valence-electron chi connectivity index (χ1n) is 9.18. The molecule has 32 heavy (non-hydrogen) atoms. The molecule has 166 valence electrons. The quantitative estimate of drug-likeness (QED) is 0.382. The minimum Gasteiger partial charge on any atom is -0.483 e. The maximum Gasteiger partial charge on any atom is 0.305 e. The molecule has 0 atom stereocenters. The van der Waals surface area contributed by atoms with E-state index < -0.39 is 17.7 Å². The highest BCUT2D eigenvalue weighted by atomic mass is 79.9. The second-order valence-electron chi connectivity index (χ2n) is 6.50. The number of carbonyl (C=O) groups is 3. The summed E-state index contributed by atoms with van der Waals surface area (Å²) in [4.78, 5) is 37.2. The van der Waals surface area contributed by atoms with Crippen LogP contribution in [-0.4, -0.2) is 45.3 Å². The Hall–Kier alpha value is -2.76. The van der Waals surface area contributed by atoms with Crippen LogP contribution < -0.4 is 10.1 Å². The van der Waals surface area contributed by atoms with Crippen molar-refractivity contribution in [1.82, 2.24) is 4.90 Å². The zero-order chi connectivity index (χ0) is 23.3. The van der Waals surface area contributed by atoms with E-state index in [0.717, 1.165) is 16.2 Å². The van der Waals surface area contributed by atoms with Crippen molar-refractivity contribution < 1.29 is 28.6 Å². The summed E-state index contributed by atoms with van der Waals surface area (Å²) in [7, 11) is 0. The van der Waals surface area contributed by atoms with E-state index in [-0.39, 0.29) is 29.8 Å². The Labute approximate surface area is 200 Å². The standard InChI is InChI=1S/C21H16BrFN2O5S2/c22-13-1-6-16(30-11-18(26)24-15-4-2-14(23)3-5-15)12(9-13)10-17-20(29)25(21(31)32-17)8-7-19(27)28/h1-6,9-10H,7-8,11H2,(H,24,26)(H,27,28)/b17-10-. The summed E-state index contributed by atoms with van der Waals surface area (Å²) in [5.41, 5.74) is 0.966. The van der Waals surface area contributed by atoms with Gasteiger partial charge in [0.25, 0.3) is 11.8 Å². The Balaban J connectivity index is 1.71. The lowest BCUT2D eigenvalue weighted by atomic mass is 10.2. The Bertz CT molecular complexity index is 1110. The molecule has 2 amide bonds. The van der Waals surface area contributed by atoms with Crippen molar-refractivity contribution in [2.24, 2.45) is 0 Å². The maximum absolute atomic E-state index is 13.0. The number of nitrogens with one attached hydrogen (secondary N) is 1. The molecule has 1 saturated heterocycles. The number of anilines is 1. The van der Waals surface area contributed by atoms with Crippen molar-refractivity contribution >= 4 is 73.8 Å². The largest absolute Gasteiger partial charge is 0.483 e. The molecule has 2 aromatic rings. The number of carboxylic acid groups (broad SMARTS) is 1. The second kappa shape index (κ2) is 10.7. The highest BCUT2D eigenvalue weighted by Gasteiger charge is 2.32. The van der Waals surface area contributed by atoms with Crippen LogP contribution in [-0.2, 0) is 14.4 Å². The molecule has 1 fully saturated rings. The van der Waals surface area contributed by atoms with E-state index in [1.807, 2.05) is 0 Å². The van der Waals surface area contributed by atoms with Crippen molar-refractivity contribution in [3.63, 3.8) is 0 Å². The van der Waals surface area contributed by atoms with Crippen LogP contribution in [0.4, 0.5) is 10.1 Å². The SMILES string of the molecule is O=C(O)CCN1C(=O)/C(=C/c2cc(Br)ccc2OCC(=O)Nc2ccc(F)cc2)SC1=S. The van der Waals surface area contributed by atoms with Crippen molar-refractivity contribution in [1.29, 1.82) is 0 Å². The summed E-state index contributed by atoms with van der Waals surface area (Å²) < 4.78 is 19.6. The van der Waals surface area contributed by atoms with Crippen molar-refractivity contribution in [2.75, 3.05) is 18.5 Å². The molecule has 2 aromatic carbocycles. The average molecular weight is 539 g/mol. The van der Waals surface area contributed by atoms with E-state index in [2.05, 4.69) is 21.2 Å². The number of carboxylic acids is 1. The van der Waals surface area contributed by atoms with Crippen LogP contribution in [0.15, 0.2) is 51.8 Å². The first-order chi connectivity index (χ1) is 15.2. The molecule has 2 N–H and O–H groups in total. The van der Waals surface area contributed by atoms with E-state index in [0.29, 0.717) is 21.9 Å². The third-order valence-electron chi connectivity index (χ3n) is 4.17. The molecule has 11 heteroatoms. The normalized spacial score (nSPS) is 14.7. The highest BCUT2D eigenvalue weighted by molar-refractivity contribution is 9.10. The van der Waals surface area contributed by atoms with Crippen molar-refractivity contribution in [3.8, 4) is 5.75 Å². The summed E-state index contributed by atoms with van der Waals surface area (Å²) in [6.07, 6.45) is 1.37. The molecular weight excluding hydrogens is 523 g/mol. The molecule has 1 aliphatic rings. The summed E-state index contributed by atoms with van der Waals surface area (Å²) in [5, 5.41) is 11.4. The number of aliphatic carboxylic acids is 1. The lowest BCUT2D eigenvalue weighted by Gasteiger charge is -2.12. The number of benzene rings is 2. The van der Waals surface area contributed by atoms with Gasteiger partial charge in [0.1, 0.15) is 15.9 Å². The van der Waals surface area contributed by atoms with Gasteiger partial charge < -0.3 is 15.2 Å². The number of ether oxygens (including phenoxy) is 1. The first-order valence-corrected chi connectivity index (χ1v) is 11.2. The number of thioether (sulfide) groups is 1. The molecule has 1 aliphatic heterocycles. The molecule has 0 bridgehead atoms. The van der Waals surface area contributed by atoms with Crippen LogP contribution in [0.3, 0.4) is 0 Å².